The molecule has 1 heteroatoms. The van der Waals surface area contributed by atoms with Gasteiger partial charge in [-0.05, 0) is 50.0 Å². The van der Waals surface area contributed by atoms with Crippen molar-refractivity contribution in [3.8, 4) is 0 Å². The number of allylic oxidation sites excluding steroid dienone is 2. The summed E-state index contributed by atoms with van der Waals surface area (Å²) in [5.74, 6) is 1.13. The van der Waals surface area contributed by atoms with Crippen LogP contribution in [0.2, 0.25) is 0 Å². The molecule has 0 aromatic heterocycles. The second-order valence-corrected chi connectivity index (χ2v) is 7.25. The minimum Gasteiger partial charge on any atom is -0.294 e. The Kier molecular flexibility index (Phi) is 2.06. The minimum absolute atomic E-state index is 0.0538. The molecule has 3 aliphatic rings. The van der Waals surface area contributed by atoms with E-state index in [4.69, 9.17) is 0 Å². The zero-order valence-corrected chi connectivity index (χ0v) is 11.6. The summed E-state index contributed by atoms with van der Waals surface area (Å²) < 4.78 is 0. The third kappa shape index (κ3) is 0.971. The standard InChI is InChI=1S/C16H24O/c1-11-6-9-16-13(17)10-12(2)15(11,16)8-5-7-14(16,3)4/h10-11H,5-9H2,1-4H3/t11-,15?,16?/m1/s1. The van der Waals surface area contributed by atoms with Gasteiger partial charge >= 0.3 is 0 Å². The molecule has 0 heterocycles. The highest BCUT2D eigenvalue weighted by Crippen LogP contribution is 2.74. The fraction of sp³-hybridized carbons (Fsp3) is 0.812. The fourth-order valence-corrected chi connectivity index (χ4v) is 5.80. The maximum atomic E-state index is 12.7. The first-order chi connectivity index (χ1) is 7.88. The van der Waals surface area contributed by atoms with Crippen molar-refractivity contribution in [1.29, 1.82) is 0 Å². The molecule has 0 radical (unpaired) electrons. The van der Waals surface area contributed by atoms with Crippen LogP contribution in [0.25, 0.3) is 0 Å². The Hall–Kier alpha value is -0.590. The van der Waals surface area contributed by atoms with Gasteiger partial charge in [0, 0.05) is 10.8 Å². The second kappa shape index (κ2) is 3.05. The molecule has 2 unspecified atom stereocenters. The number of hydrogen-bond donors (Lipinski definition) is 0. The number of rotatable bonds is 0. The molecule has 0 aliphatic heterocycles. The van der Waals surface area contributed by atoms with Crippen molar-refractivity contribution in [2.75, 3.05) is 0 Å². The molecular formula is C16H24O. The first kappa shape index (κ1) is 11.5. The average Bonchev–Trinajstić information content (AvgIpc) is 2.66. The molecule has 17 heavy (non-hydrogen) atoms. The number of hydrogen-bond acceptors (Lipinski definition) is 1. The lowest BCUT2D eigenvalue weighted by Crippen LogP contribution is -2.54. The van der Waals surface area contributed by atoms with Crippen LogP contribution in [-0.2, 0) is 4.79 Å². The van der Waals surface area contributed by atoms with Crippen LogP contribution < -0.4 is 0 Å². The average molecular weight is 232 g/mol. The van der Waals surface area contributed by atoms with Crippen LogP contribution in [0.3, 0.4) is 0 Å². The van der Waals surface area contributed by atoms with Gasteiger partial charge in [-0.15, -0.1) is 0 Å². The molecule has 2 fully saturated rings. The lowest BCUT2D eigenvalue weighted by molar-refractivity contribution is -0.144. The van der Waals surface area contributed by atoms with Gasteiger partial charge in [0.05, 0.1) is 0 Å². The van der Waals surface area contributed by atoms with Crippen LogP contribution in [0.5, 0.6) is 0 Å². The van der Waals surface area contributed by atoms with Crippen molar-refractivity contribution in [2.24, 2.45) is 22.2 Å². The van der Waals surface area contributed by atoms with E-state index >= 15 is 0 Å². The van der Waals surface area contributed by atoms with Gasteiger partial charge in [-0.25, -0.2) is 0 Å². The molecule has 3 aliphatic carbocycles. The molecule has 3 rings (SSSR count). The van der Waals surface area contributed by atoms with Crippen LogP contribution in [0.15, 0.2) is 11.6 Å². The summed E-state index contributed by atoms with van der Waals surface area (Å²) in [7, 11) is 0. The van der Waals surface area contributed by atoms with Gasteiger partial charge in [0.1, 0.15) is 0 Å². The van der Waals surface area contributed by atoms with E-state index in [2.05, 4.69) is 27.7 Å². The van der Waals surface area contributed by atoms with E-state index in [0.717, 1.165) is 6.42 Å². The van der Waals surface area contributed by atoms with E-state index in [0.29, 0.717) is 11.7 Å². The quantitative estimate of drug-likeness (QED) is 0.614. The Morgan fingerprint density at radius 3 is 2.59 bits per heavy atom. The minimum atomic E-state index is -0.0538. The first-order valence-corrected chi connectivity index (χ1v) is 7.12. The topological polar surface area (TPSA) is 17.1 Å². The van der Waals surface area contributed by atoms with Crippen LogP contribution >= 0.6 is 0 Å². The van der Waals surface area contributed by atoms with Crippen molar-refractivity contribution in [1.82, 2.24) is 0 Å². The monoisotopic (exact) mass is 232 g/mol. The Labute approximate surface area is 105 Å². The van der Waals surface area contributed by atoms with Gasteiger partial charge < -0.3 is 0 Å². The summed E-state index contributed by atoms with van der Waals surface area (Å²) in [6.45, 7) is 9.26. The lowest BCUT2D eigenvalue weighted by Gasteiger charge is -2.56. The highest BCUT2D eigenvalue weighted by molar-refractivity contribution is 6.01. The Morgan fingerprint density at radius 2 is 1.94 bits per heavy atom. The van der Waals surface area contributed by atoms with E-state index in [1.54, 1.807) is 0 Å². The molecule has 0 saturated heterocycles. The maximum Gasteiger partial charge on any atom is 0.163 e. The number of carbonyl (C=O) groups excluding carboxylic acids is 1. The molecule has 0 amide bonds. The molecule has 3 atom stereocenters. The van der Waals surface area contributed by atoms with Crippen LogP contribution in [-0.4, -0.2) is 5.78 Å². The zero-order chi connectivity index (χ0) is 12.5. The normalized spacial score (nSPS) is 47.6. The van der Waals surface area contributed by atoms with E-state index in [9.17, 15) is 4.79 Å². The number of carbonyl (C=O) groups is 1. The predicted molar refractivity (Wildman–Crippen MR) is 69.7 cm³/mol. The zero-order valence-electron chi connectivity index (χ0n) is 11.6. The fourth-order valence-electron chi connectivity index (χ4n) is 5.80. The smallest absolute Gasteiger partial charge is 0.163 e. The van der Waals surface area contributed by atoms with Crippen molar-refractivity contribution >= 4 is 5.78 Å². The predicted octanol–water partition coefficient (Wildman–Crippen LogP) is 4.13. The van der Waals surface area contributed by atoms with Gasteiger partial charge in [-0.1, -0.05) is 32.8 Å². The molecule has 0 bridgehead atoms. The third-order valence-electron chi connectivity index (χ3n) is 6.56. The van der Waals surface area contributed by atoms with Crippen LogP contribution in [0, 0.1) is 22.2 Å². The Morgan fingerprint density at radius 1 is 1.24 bits per heavy atom. The molecule has 0 N–H and O–H groups in total. The van der Waals surface area contributed by atoms with Gasteiger partial charge in [-0.2, -0.15) is 0 Å². The Bertz CT molecular complexity index is 417. The van der Waals surface area contributed by atoms with Crippen molar-refractivity contribution < 1.29 is 4.79 Å². The third-order valence-corrected chi connectivity index (χ3v) is 6.56. The van der Waals surface area contributed by atoms with Crippen molar-refractivity contribution in [2.45, 2.75) is 59.8 Å². The maximum absolute atomic E-state index is 12.7. The number of ketones is 1. The first-order valence-electron chi connectivity index (χ1n) is 7.12. The molecular weight excluding hydrogens is 208 g/mol. The molecule has 94 valence electrons. The van der Waals surface area contributed by atoms with Gasteiger partial charge in [0.15, 0.2) is 5.78 Å². The molecule has 0 aromatic rings. The molecule has 2 saturated carbocycles. The van der Waals surface area contributed by atoms with Gasteiger partial charge in [0.25, 0.3) is 0 Å². The SMILES string of the molecule is CC1=CC(=O)C23CC[C@@H](C)C12CCCC3(C)C. The summed E-state index contributed by atoms with van der Waals surface area (Å²) in [5, 5.41) is 0. The van der Waals surface area contributed by atoms with Crippen LogP contribution in [0.1, 0.15) is 59.8 Å². The summed E-state index contributed by atoms with van der Waals surface area (Å²) in [6.07, 6.45) is 8.09. The van der Waals surface area contributed by atoms with E-state index in [1.807, 2.05) is 6.08 Å². The summed E-state index contributed by atoms with van der Waals surface area (Å²) in [4.78, 5) is 12.7. The van der Waals surface area contributed by atoms with Gasteiger partial charge in [-0.3, -0.25) is 4.79 Å². The van der Waals surface area contributed by atoms with E-state index in [-0.39, 0.29) is 16.2 Å². The second-order valence-electron chi connectivity index (χ2n) is 7.25. The lowest BCUT2D eigenvalue weighted by atomic mass is 9.46. The summed E-state index contributed by atoms with van der Waals surface area (Å²) in [5.41, 5.74) is 1.73. The summed E-state index contributed by atoms with van der Waals surface area (Å²) in [6, 6.07) is 0. The molecule has 0 aromatic carbocycles. The highest BCUT2D eigenvalue weighted by Gasteiger charge is 2.71. The van der Waals surface area contributed by atoms with Crippen LogP contribution in [0.4, 0.5) is 0 Å². The summed E-state index contributed by atoms with van der Waals surface area (Å²) >= 11 is 0. The highest BCUT2D eigenvalue weighted by atomic mass is 16.1. The molecule has 1 nitrogen and oxygen atoms in total. The van der Waals surface area contributed by atoms with E-state index < -0.39 is 0 Å². The Balaban J connectivity index is 2.26. The van der Waals surface area contributed by atoms with Crippen molar-refractivity contribution in [3.63, 3.8) is 0 Å². The van der Waals surface area contributed by atoms with E-state index in [1.165, 1.54) is 31.3 Å². The van der Waals surface area contributed by atoms with Gasteiger partial charge in [0.2, 0.25) is 0 Å². The molecule has 0 spiro atoms. The largest absolute Gasteiger partial charge is 0.294 e. The van der Waals surface area contributed by atoms with Crippen molar-refractivity contribution in [3.05, 3.63) is 11.6 Å².